The molecule has 0 saturated heterocycles. The van der Waals surface area contributed by atoms with Crippen molar-refractivity contribution in [2.45, 2.75) is 187 Å². The van der Waals surface area contributed by atoms with Gasteiger partial charge in [-0.2, -0.15) is 0 Å². The molecule has 0 rings (SSSR count). The summed E-state index contributed by atoms with van der Waals surface area (Å²) in [5.41, 5.74) is 0. The Kier molecular flexibility index (Phi) is 32.2. The van der Waals surface area contributed by atoms with E-state index in [2.05, 4.69) is 31.3 Å². The monoisotopic (exact) mass is 715 g/mol. The Bertz CT molecular complexity index is 860. The number of quaternary nitrogens is 1. The maximum atomic E-state index is 12.8. The molecular formula is C40H79N2O6P. The van der Waals surface area contributed by atoms with Crippen LogP contribution in [-0.4, -0.2) is 68.5 Å². The fourth-order valence-electron chi connectivity index (χ4n) is 5.62. The molecule has 8 nitrogen and oxygen atoms in total. The molecule has 0 aromatic heterocycles. The fraction of sp³-hybridized carbons (Fsp3) is 0.875. The molecule has 0 aliphatic heterocycles. The van der Waals surface area contributed by atoms with Crippen molar-refractivity contribution < 1.29 is 32.9 Å². The average Bonchev–Trinajstić information content (AvgIpc) is 3.04. The van der Waals surface area contributed by atoms with Crippen molar-refractivity contribution in [3.8, 4) is 0 Å². The quantitative estimate of drug-likeness (QED) is 0.0290. The summed E-state index contributed by atoms with van der Waals surface area (Å²) in [6.45, 7) is 4.60. The van der Waals surface area contributed by atoms with Crippen LogP contribution < -0.4 is 10.2 Å². The molecule has 290 valence electrons. The lowest BCUT2D eigenvalue weighted by Crippen LogP contribution is -2.45. The molecule has 1 unspecified atom stereocenters. The number of carbonyl (C=O) groups is 1. The molecule has 0 aliphatic rings. The zero-order valence-electron chi connectivity index (χ0n) is 32.6. The average molecular weight is 715 g/mol. The van der Waals surface area contributed by atoms with Crippen molar-refractivity contribution in [1.29, 1.82) is 0 Å². The van der Waals surface area contributed by atoms with Gasteiger partial charge >= 0.3 is 0 Å². The van der Waals surface area contributed by atoms with E-state index in [4.69, 9.17) is 9.05 Å². The second-order valence-electron chi connectivity index (χ2n) is 15.0. The molecule has 0 aliphatic carbocycles. The first-order valence-electron chi connectivity index (χ1n) is 20.2. The van der Waals surface area contributed by atoms with Crippen LogP contribution in [0.5, 0.6) is 0 Å². The number of unbranched alkanes of at least 4 members (excludes halogenated alkanes) is 21. The normalized spacial score (nSPS) is 14.8. The Hall–Kier alpha value is -1.02. The maximum absolute atomic E-state index is 12.8. The van der Waals surface area contributed by atoms with Crippen molar-refractivity contribution >= 4 is 13.7 Å². The smallest absolute Gasteiger partial charge is 0.268 e. The molecule has 0 aromatic rings. The van der Waals surface area contributed by atoms with Gasteiger partial charge in [-0.15, -0.1) is 0 Å². The number of allylic oxidation sites excluding steroid dienone is 3. The highest BCUT2D eigenvalue weighted by Crippen LogP contribution is 2.38. The van der Waals surface area contributed by atoms with E-state index < -0.39 is 20.0 Å². The molecule has 0 fully saturated rings. The summed E-state index contributed by atoms with van der Waals surface area (Å²) in [5.74, 6) is -0.209. The summed E-state index contributed by atoms with van der Waals surface area (Å²) in [7, 11) is 1.25. The van der Waals surface area contributed by atoms with Crippen LogP contribution in [0.1, 0.15) is 174 Å². The first-order valence-corrected chi connectivity index (χ1v) is 21.7. The number of carbonyl (C=O) groups excluding carboxylic acids is 1. The summed E-state index contributed by atoms with van der Waals surface area (Å²) in [6, 6.07) is -0.885. The van der Waals surface area contributed by atoms with E-state index in [1.807, 2.05) is 27.2 Å². The highest BCUT2D eigenvalue weighted by Gasteiger charge is 2.23. The lowest BCUT2D eigenvalue weighted by Gasteiger charge is -2.29. The van der Waals surface area contributed by atoms with Gasteiger partial charge < -0.3 is 28.8 Å². The Morgan fingerprint density at radius 3 is 1.61 bits per heavy atom. The van der Waals surface area contributed by atoms with Crippen LogP contribution in [0.15, 0.2) is 24.3 Å². The SMILES string of the molecule is CCCCCC/C=C/CCCCCCCC(=O)N[C@@H](COP(=O)([O-])OCC[N+](C)(C)C)[C@H](O)/C=C/CCCCCCCCCCCCCC. The summed E-state index contributed by atoms with van der Waals surface area (Å²) in [6.07, 6.45) is 36.4. The van der Waals surface area contributed by atoms with Crippen LogP contribution in [0.25, 0.3) is 0 Å². The third kappa shape index (κ3) is 35.2. The number of nitrogens with zero attached hydrogens (tertiary/aromatic N) is 1. The number of amides is 1. The standard InChI is InChI=1S/C40H79N2O6P/c1-6-8-10-12-14-16-18-20-22-23-25-27-29-31-33-39(43)38(37-48-49(45,46)47-36-35-42(3,4)5)41-40(44)34-32-30-28-26-24-21-19-17-15-13-11-9-7-2/h17,19,31,33,38-39,43H,6-16,18,20-30,32,34-37H2,1-5H3,(H-,41,44,45,46)/b19-17+,33-31+/t38-,39+/m0/s1. The second kappa shape index (κ2) is 32.9. The van der Waals surface area contributed by atoms with Crippen LogP contribution in [0.4, 0.5) is 0 Å². The Morgan fingerprint density at radius 2 is 1.12 bits per heavy atom. The minimum Gasteiger partial charge on any atom is -0.756 e. The predicted molar refractivity (Wildman–Crippen MR) is 205 cm³/mol. The predicted octanol–water partition coefficient (Wildman–Crippen LogP) is 9.94. The topological polar surface area (TPSA) is 108 Å². The first-order chi connectivity index (χ1) is 23.5. The first kappa shape index (κ1) is 48.0. The van der Waals surface area contributed by atoms with Gasteiger partial charge in [-0.25, -0.2) is 0 Å². The van der Waals surface area contributed by atoms with Gasteiger partial charge in [0, 0.05) is 6.42 Å². The lowest BCUT2D eigenvalue weighted by atomic mass is 10.0. The number of rotatable bonds is 36. The number of phosphoric ester groups is 1. The van der Waals surface area contributed by atoms with E-state index in [0.717, 1.165) is 51.4 Å². The van der Waals surface area contributed by atoms with E-state index in [-0.39, 0.29) is 19.1 Å². The van der Waals surface area contributed by atoms with E-state index in [0.29, 0.717) is 17.4 Å². The van der Waals surface area contributed by atoms with Crippen molar-refractivity contribution in [1.82, 2.24) is 5.32 Å². The largest absolute Gasteiger partial charge is 0.756 e. The number of nitrogens with one attached hydrogen (secondary N) is 1. The van der Waals surface area contributed by atoms with Crippen LogP contribution in [0.3, 0.4) is 0 Å². The maximum Gasteiger partial charge on any atom is 0.268 e. The number of hydrogen-bond acceptors (Lipinski definition) is 6. The van der Waals surface area contributed by atoms with Crippen molar-refractivity contribution in [2.24, 2.45) is 0 Å². The number of aliphatic hydroxyl groups excluding tert-OH is 1. The van der Waals surface area contributed by atoms with E-state index in [1.165, 1.54) is 103 Å². The third-order valence-corrected chi connectivity index (χ3v) is 9.87. The van der Waals surface area contributed by atoms with Crippen molar-refractivity contribution in [2.75, 3.05) is 40.9 Å². The number of hydrogen-bond donors (Lipinski definition) is 2. The molecule has 0 bridgehead atoms. The molecule has 0 saturated carbocycles. The number of likely N-dealkylation sites (N-methyl/N-ethyl adjacent to an activating group) is 1. The highest BCUT2D eigenvalue weighted by molar-refractivity contribution is 7.45. The van der Waals surface area contributed by atoms with Gasteiger partial charge in [0.25, 0.3) is 7.82 Å². The molecular weight excluding hydrogens is 635 g/mol. The minimum atomic E-state index is -4.58. The Labute approximate surface area is 303 Å². The Morgan fingerprint density at radius 1 is 0.694 bits per heavy atom. The summed E-state index contributed by atoms with van der Waals surface area (Å²) in [4.78, 5) is 25.2. The molecule has 2 N–H and O–H groups in total. The van der Waals surface area contributed by atoms with E-state index in [9.17, 15) is 19.4 Å². The summed E-state index contributed by atoms with van der Waals surface area (Å²) < 4.78 is 23.1. The zero-order valence-corrected chi connectivity index (χ0v) is 33.5. The molecule has 0 spiro atoms. The molecule has 49 heavy (non-hydrogen) atoms. The molecule has 3 atom stereocenters. The fourth-order valence-corrected chi connectivity index (χ4v) is 6.34. The zero-order chi connectivity index (χ0) is 36.5. The van der Waals surface area contributed by atoms with E-state index >= 15 is 0 Å². The highest BCUT2D eigenvalue weighted by atomic mass is 31.2. The number of aliphatic hydroxyl groups is 1. The number of phosphoric acid groups is 1. The second-order valence-corrected chi connectivity index (χ2v) is 16.4. The summed E-state index contributed by atoms with van der Waals surface area (Å²) >= 11 is 0. The molecule has 0 heterocycles. The molecule has 0 aromatic carbocycles. The van der Waals surface area contributed by atoms with Gasteiger partial charge in [-0.05, 0) is 44.9 Å². The van der Waals surface area contributed by atoms with E-state index in [1.54, 1.807) is 6.08 Å². The molecule has 9 heteroatoms. The molecule has 1 amide bonds. The van der Waals surface area contributed by atoms with Crippen LogP contribution in [0, 0.1) is 0 Å². The van der Waals surface area contributed by atoms with Gasteiger partial charge in [0.1, 0.15) is 13.2 Å². The Balaban J connectivity index is 4.52. The van der Waals surface area contributed by atoms with Crippen molar-refractivity contribution in [3.05, 3.63) is 24.3 Å². The molecule has 0 radical (unpaired) electrons. The van der Waals surface area contributed by atoms with Gasteiger partial charge in [0.15, 0.2) is 0 Å². The minimum absolute atomic E-state index is 0.00184. The van der Waals surface area contributed by atoms with Gasteiger partial charge in [0.2, 0.25) is 5.91 Å². The van der Waals surface area contributed by atoms with Gasteiger partial charge in [-0.3, -0.25) is 9.36 Å². The van der Waals surface area contributed by atoms with Crippen LogP contribution in [0.2, 0.25) is 0 Å². The third-order valence-electron chi connectivity index (χ3n) is 8.91. The summed E-state index contributed by atoms with van der Waals surface area (Å²) in [5, 5.41) is 13.7. The van der Waals surface area contributed by atoms with Crippen molar-refractivity contribution in [3.63, 3.8) is 0 Å². The van der Waals surface area contributed by atoms with Crippen LogP contribution in [-0.2, 0) is 18.4 Å². The van der Waals surface area contributed by atoms with Gasteiger partial charge in [0.05, 0.1) is 39.9 Å². The van der Waals surface area contributed by atoms with Crippen LogP contribution >= 0.6 is 7.82 Å². The van der Waals surface area contributed by atoms with Gasteiger partial charge in [-0.1, -0.05) is 147 Å². The lowest BCUT2D eigenvalue weighted by molar-refractivity contribution is -0.870.